The Morgan fingerprint density at radius 2 is 1.89 bits per heavy atom. The fourth-order valence-electron chi connectivity index (χ4n) is 6.58. The molecule has 1 atom stereocenters. The van der Waals surface area contributed by atoms with Crippen LogP contribution in [-0.2, 0) is 25.3 Å². The van der Waals surface area contributed by atoms with E-state index in [0.717, 1.165) is 42.0 Å². The van der Waals surface area contributed by atoms with Crippen molar-refractivity contribution in [2.45, 2.75) is 57.9 Å². The quantitative estimate of drug-likeness (QED) is 0.182. The highest BCUT2D eigenvalue weighted by Gasteiger charge is 2.43. The molecule has 0 radical (unpaired) electrons. The van der Waals surface area contributed by atoms with Crippen LogP contribution >= 0.6 is 11.6 Å². The fraction of sp³-hybridized carbons (Fsp3) is 0.324. The lowest BCUT2D eigenvalue weighted by Crippen LogP contribution is -2.34. The van der Waals surface area contributed by atoms with E-state index in [1.54, 1.807) is 43.5 Å². The zero-order chi connectivity index (χ0) is 32.2. The Labute approximate surface area is 269 Å². The average molecular weight is 646 g/mol. The number of ether oxygens (including phenoxy) is 2. The third-order valence-electron chi connectivity index (χ3n) is 9.01. The number of rotatable bonds is 8. The van der Waals surface area contributed by atoms with Crippen LogP contribution in [0.1, 0.15) is 71.4 Å². The molecule has 0 amide bonds. The maximum absolute atomic E-state index is 14.9. The maximum Gasteiger partial charge on any atom is 0.335 e. The third-order valence-corrected chi connectivity index (χ3v) is 9.25. The summed E-state index contributed by atoms with van der Waals surface area (Å²) in [4.78, 5) is 23.3. The minimum atomic E-state index is -1.31. The van der Waals surface area contributed by atoms with Gasteiger partial charge in [-0.05, 0) is 74.3 Å². The monoisotopic (exact) mass is 645 g/mol. The average Bonchev–Trinajstić information content (AvgIpc) is 3.69. The van der Waals surface area contributed by atoms with Gasteiger partial charge in [0.25, 0.3) is 5.79 Å². The lowest BCUT2D eigenvalue weighted by atomic mass is 9.88. The standard InChI is InChI=1S/C34H33ClFN5O5/c1-3-30-37-17-23(41(30)44)18-40-28-15-21(33(42)43)7-10-27(28)38-31(40)19-39-13-11-20(12-14-39)24-5-4-6-29-32(24)46-34(2,45-29)25-9-8-22(35)16-26(25)36/h4-10,15-17,20,44H,3,11-14,18-19H2,1-2H3,(H,42,43). The minimum absolute atomic E-state index is 0.171. The van der Waals surface area contributed by atoms with Crippen molar-refractivity contribution in [2.75, 3.05) is 13.1 Å². The molecule has 10 nitrogen and oxygen atoms in total. The van der Waals surface area contributed by atoms with Crippen molar-refractivity contribution in [3.63, 3.8) is 0 Å². The molecule has 0 spiro atoms. The van der Waals surface area contributed by atoms with Gasteiger partial charge in [-0.3, -0.25) is 4.90 Å². The summed E-state index contributed by atoms with van der Waals surface area (Å²) in [6.45, 7) is 6.05. The number of aromatic carboxylic acids is 1. The number of imidazole rings is 2. The summed E-state index contributed by atoms with van der Waals surface area (Å²) >= 11 is 5.98. The van der Waals surface area contributed by atoms with E-state index in [2.05, 4.69) is 16.0 Å². The van der Waals surface area contributed by atoms with Crippen molar-refractivity contribution in [1.29, 1.82) is 0 Å². The number of carboxylic acids is 1. The van der Waals surface area contributed by atoms with Crippen molar-refractivity contribution in [3.05, 3.63) is 106 Å². The van der Waals surface area contributed by atoms with E-state index < -0.39 is 17.6 Å². The third kappa shape index (κ3) is 5.33. The van der Waals surface area contributed by atoms with Crippen LogP contribution < -0.4 is 9.47 Å². The molecule has 3 aromatic carbocycles. The Morgan fingerprint density at radius 1 is 1.09 bits per heavy atom. The number of nitrogens with zero attached hydrogens (tertiary/aromatic N) is 5. The van der Waals surface area contributed by atoms with E-state index in [1.165, 1.54) is 6.07 Å². The number of benzene rings is 3. The van der Waals surface area contributed by atoms with E-state index >= 15 is 0 Å². The van der Waals surface area contributed by atoms with Gasteiger partial charge in [-0.25, -0.2) is 19.2 Å². The van der Waals surface area contributed by atoms with Gasteiger partial charge >= 0.3 is 5.97 Å². The summed E-state index contributed by atoms with van der Waals surface area (Å²) in [5.74, 6) is -0.0593. The molecule has 4 heterocycles. The van der Waals surface area contributed by atoms with E-state index in [9.17, 15) is 19.5 Å². The zero-order valence-corrected chi connectivity index (χ0v) is 26.2. The summed E-state index contributed by atoms with van der Waals surface area (Å²) in [6.07, 6.45) is 3.93. The van der Waals surface area contributed by atoms with Crippen molar-refractivity contribution in [3.8, 4) is 11.5 Å². The second kappa shape index (κ2) is 11.6. The zero-order valence-electron chi connectivity index (χ0n) is 25.4. The molecule has 1 fully saturated rings. The van der Waals surface area contributed by atoms with Crippen LogP contribution in [0.25, 0.3) is 11.0 Å². The SMILES string of the molecule is CCc1ncc(Cn2c(CN3CCC(c4cccc5c4OC(C)(c4ccc(Cl)cc4F)O5)CC3)nc3ccc(C(=O)O)cc32)n1O. The van der Waals surface area contributed by atoms with Gasteiger partial charge in [-0.15, -0.1) is 0 Å². The van der Waals surface area contributed by atoms with Crippen LogP contribution in [-0.4, -0.2) is 53.5 Å². The van der Waals surface area contributed by atoms with Crippen LogP contribution in [0.3, 0.4) is 0 Å². The summed E-state index contributed by atoms with van der Waals surface area (Å²) in [6, 6.07) is 15.2. The van der Waals surface area contributed by atoms with Gasteiger partial charge in [0.2, 0.25) is 0 Å². The number of halogens is 2. The molecule has 46 heavy (non-hydrogen) atoms. The first-order valence-electron chi connectivity index (χ1n) is 15.3. The minimum Gasteiger partial charge on any atom is -0.478 e. The summed E-state index contributed by atoms with van der Waals surface area (Å²) in [5.41, 5.74) is 3.44. The van der Waals surface area contributed by atoms with Gasteiger partial charge in [-0.1, -0.05) is 30.7 Å². The molecular weight excluding hydrogens is 613 g/mol. The number of fused-ring (bicyclic) bond motifs is 2. The predicted octanol–water partition coefficient (Wildman–Crippen LogP) is 6.60. The second-order valence-corrected chi connectivity index (χ2v) is 12.4. The van der Waals surface area contributed by atoms with E-state index in [-0.39, 0.29) is 23.6 Å². The molecule has 12 heteroatoms. The first-order chi connectivity index (χ1) is 22.1. The van der Waals surface area contributed by atoms with Gasteiger partial charge in [0.05, 0.1) is 47.1 Å². The molecule has 1 unspecified atom stereocenters. The largest absolute Gasteiger partial charge is 0.478 e. The molecule has 238 valence electrons. The molecule has 2 aliphatic rings. The molecule has 5 aromatic rings. The molecular formula is C34H33ClFN5O5. The van der Waals surface area contributed by atoms with Crippen LogP contribution in [0.5, 0.6) is 11.5 Å². The Hall–Kier alpha value is -4.61. The number of carbonyl (C=O) groups is 1. The molecule has 2 aliphatic heterocycles. The summed E-state index contributed by atoms with van der Waals surface area (Å²) in [5, 5.41) is 20.6. The normalized spacial score (nSPS) is 18.4. The fourth-order valence-corrected chi connectivity index (χ4v) is 6.74. The topological polar surface area (TPSA) is 115 Å². The lowest BCUT2D eigenvalue weighted by molar-refractivity contribution is -0.0712. The number of carboxylic acid groups (broad SMARTS) is 1. The number of piperidine rings is 1. The van der Waals surface area contributed by atoms with Crippen molar-refractivity contribution in [1.82, 2.24) is 24.2 Å². The lowest BCUT2D eigenvalue weighted by Gasteiger charge is -2.32. The Balaban J connectivity index is 1.11. The van der Waals surface area contributed by atoms with Crippen LogP contribution in [0, 0.1) is 5.82 Å². The van der Waals surface area contributed by atoms with Gasteiger partial charge in [-0.2, -0.15) is 4.73 Å². The smallest absolute Gasteiger partial charge is 0.335 e. The van der Waals surface area contributed by atoms with Gasteiger partial charge < -0.3 is 24.4 Å². The van der Waals surface area contributed by atoms with Crippen LogP contribution in [0.15, 0.2) is 60.8 Å². The highest BCUT2D eigenvalue weighted by Crippen LogP contribution is 2.50. The number of para-hydroxylation sites is 1. The highest BCUT2D eigenvalue weighted by atomic mass is 35.5. The second-order valence-electron chi connectivity index (χ2n) is 12.0. The van der Waals surface area contributed by atoms with E-state index in [1.807, 2.05) is 23.6 Å². The molecule has 2 aromatic heterocycles. The Bertz CT molecular complexity index is 1970. The van der Waals surface area contributed by atoms with Crippen LogP contribution in [0.2, 0.25) is 5.02 Å². The molecule has 0 bridgehead atoms. The molecule has 0 saturated carbocycles. The van der Waals surface area contributed by atoms with E-state index in [4.69, 9.17) is 26.1 Å². The van der Waals surface area contributed by atoms with E-state index in [0.29, 0.717) is 52.0 Å². The summed E-state index contributed by atoms with van der Waals surface area (Å²) in [7, 11) is 0. The molecule has 2 N–H and O–H groups in total. The summed E-state index contributed by atoms with van der Waals surface area (Å²) < 4.78 is 30.5. The Morgan fingerprint density at radius 3 is 2.61 bits per heavy atom. The number of aromatic nitrogens is 4. The van der Waals surface area contributed by atoms with Crippen molar-refractivity contribution >= 4 is 28.6 Å². The molecule has 1 saturated heterocycles. The van der Waals surface area contributed by atoms with Crippen molar-refractivity contribution in [2.24, 2.45) is 0 Å². The number of likely N-dealkylation sites (tertiary alicyclic amines) is 1. The van der Waals surface area contributed by atoms with Gasteiger partial charge in [0.1, 0.15) is 17.5 Å². The number of hydrogen-bond acceptors (Lipinski definition) is 7. The molecule has 7 rings (SSSR count). The van der Waals surface area contributed by atoms with Gasteiger partial charge in [0.15, 0.2) is 11.5 Å². The molecule has 0 aliphatic carbocycles. The predicted molar refractivity (Wildman–Crippen MR) is 168 cm³/mol. The Kier molecular flexibility index (Phi) is 7.60. The van der Waals surface area contributed by atoms with Crippen LogP contribution in [0.4, 0.5) is 4.39 Å². The first-order valence-corrected chi connectivity index (χ1v) is 15.7. The van der Waals surface area contributed by atoms with Crippen molar-refractivity contribution < 1.29 is 29.0 Å². The highest BCUT2D eigenvalue weighted by molar-refractivity contribution is 6.30. The maximum atomic E-state index is 14.9. The number of hydrogen-bond donors (Lipinski definition) is 2. The number of aryl methyl sites for hydroxylation is 1. The first kappa shape index (κ1) is 30.1. The van der Waals surface area contributed by atoms with Gasteiger partial charge in [0, 0.05) is 23.9 Å².